The second kappa shape index (κ2) is 10.3. The van der Waals surface area contributed by atoms with Crippen LogP contribution in [0.15, 0.2) is 47.8 Å². The quantitative estimate of drug-likeness (QED) is 0.433. The van der Waals surface area contributed by atoms with Crippen LogP contribution in [0.3, 0.4) is 0 Å². The fourth-order valence-electron chi connectivity index (χ4n) is 4.00. The van der Waals surface area contributed by atoms with Gasteiger partial charge in [0.15, 0.2) is 5.60 Å². The lowest BCUT2D eigenvalue weighted by molar-refractivity contribution is -0.146. The van der Waals surface area contributed by atoms with Crippen LogP contribution < -0.4 is 10.1 Å². The standard InChI is InChI=1S/C26H27ClFN3O3S/c1-16-8-9-18(14-20(16)28)29-23(32)21-15-35-24(30-21)17-10-12-31(13-11-17)25(33)26(2,3)34-22-7-5-4-6-19(22)27/h4-9,14-15,17H,10-13H2,1-3H3,(H,29,32). The number of aryl methyl sites for hydroxylation is 1. The molecule has 0 saturated carbocycles. The maximum atomic E-state index is 13.8. The molecule has 1 aromatic heterocycles. The van der Waals surface area contributed by atoms with Gasteiger partial charge in [-0.15, -0.1) is 11.3 Å². The summed E-state index contributed by atoms with van der Waals surface area (Å²) in [4.78, 5) is 32.1. The van der Waals surface area contributed by atoms with Gasteiger partial charge in [0.2, 0.25) is 0 Å². The molecular formula is C26H27ClFN3O3S. The molecule has 3 aromatic rings. The molecule has 1 fully saturated rings. The van der Waals surface area contributed by atoms with Gasteiger partial charge < -0.3 is 15.0 Å². The summed E-state index contributed by atoms with van der Waals surface area (Å²) in [5, 5.41) is 5.74. The number of nitrogens with one attached hydrogen (secondary N) is 1. The third-order valence-electron chi connectivity index (χ3n) is 6.03. The molecule has 0 bridgehead atoms. The van der Waals surface area contributed by atoms with Gasteiger partial charge in [0, 0.05) is 30.1 Å². The Bertz CT molecular complexity index is 1240. The molecule has 35 heavy (non-hydrogen) atoms. The summed E-state index contributed by atoms with van der Waals surface area (Å²) in [5.74, 6) is -0.204. The zero-order valence-electron chi connectivity index (χ0n) is 19.8. The van der Waals surface area contributed by atoms with E-state index in [0.29, 0.717) is 40.8 Å². The monoisotopic (exact) mass is 515 g/mol. The number of amides is 2. The van der Waals surface area contributed by atoms with Crippen molar-refractivity contribution in [3.05, 3.63) is 74.9 Å². The van der Waals surface area contributed by atoms with Crippen molar-refractivity contribution in [1.82, 2.24) is 9.88 Å². The van der Waals surface area contributed by atoms with Crippen LogP contribution in [0.5, 0.6) is 5.75 Å². The second-order valence-electron chi connectivity index (χ2n) is 9.10. The number of benzene rings is 2. The number of anilines is 1. The topological polar surface area (TPSA) is 71.5 Å². The van der Waals surface area contributed by atoms with E-state index in [2.05, 4.69) is 10.3 Å². The van der Waals surface area contributed by atoms with Crippen LogP contribution in [-0.2, 0) is 4.79 Å². The molecule has 1 aliphatic rings. The number of hydrogen-bond acceptors (Lipinski definition) is 5. The van der Waals surface area contributed by atoms with Crippen LogP contribution in [0, 0.1) is 12.7 Å². The maximum Gasteiger partial charge on any atom is 0.275 e. The van der Waals surface area contributed by atoms with Gasteiger partial charge in [-0.3, -0.25) is 9.59 Å². The Morgan fingerprint density at radius 2 is 1.91 bits per heavy atom. The number of carbonyl (C=O) groups excluding carboxylic acids is 2. The largest absolute Gasteiger partial charge is 0.476 e. The Balaban J connectivity index is 1.34. The van der Waals surface area contributed by atoms with Gasteiger partial charge in [0.1, 0.15) is 17.3 Å². The zero-order chi connectivity index (χ0) is 25.2. The molecule has 2 heterocycles. The molecule has 9 heteroatoms. The number of aromatic nitrogens is 1. The molecule has 6 nitrogen and oxygen atoms in total. The summed E-state index contributed by atoms with van der Waals surface area (Å²) >= 11 is 7.62. The summed E-state index contributed by atoms with van der Waals surface area (Å²) in [7, 11) is 0. The number of likely N-dealkylation sites (tertiary alicyclic amines) is 1. The SMILES string of the molecule is Cc1ccc(NC(=O)c2csc(C3CCN(C(=O)C(C)(C)Oc4ccccc4Cl)CC3)n2)cc1F. The van der Waals surface area contributed by atoms with Gasteiger partial charge in [0.05, 0.1) is 10.0 Å². The highest BCUT2D eigenvalue weighted by Crippen LogP contribution is 2.33. The molecule has 1 saturated heterocycles. The third-order valence-corrected chi connectivity index (χ3v) is 7.35. The number of para-hydroxylation sites is 1. The van der Waals surface area contributed by atoms with Crippen molar-refractivity contribution < 1.29 is 18.7 Å². The molecule has 0 spiro atoms. The van der Waals surface area contributed by atoms with Gasteiger partial charge in [-0.2, -0.15) is 0 Å². The Labute approximate surface area is 213 Å². The van der Waals surface area contributed by atoms with E-state index in [9.17, 15) is 14.0 Å². The fourth-order valence-corrected chi connectivity index (χ4v) is 5.15. The van der Waals surface area contributed by atoms with E-state index in [1.54, 1.807) is 55.3 Å². The lowest BCUT2D eigenvalue weighted by Crippen LogP contribution is -2.51. The number of nitrogens with zero attached hydrogens (tertiary/aromatic N) is 2. The first-order valence-corrected chi connectivity index (χ1v) is 12.7. The first-order chi connectivity index (χ1) is 16.6. The number of ether oxygens (including phenoxy) is 1. The molecule has 2 amide bonds. The molecule has 184 valence electrons. The Morgan fingerprint density at radius 1 is 1.20 bits per heavy atom. The first kappa shape index (κ1) is 25.1. The van der Waals surface area contributed by atoms with Crippen LogP contribution in [0.4, 0.5) is 10.1 Å². The van der Waals surface area contributed by atoms with Crippen molar-refractivity contribution in [3.8, 4) is 5.75 Å². The van der Waals surface area contributed by atoms with E-state index in [1.807, 2.05) is 12.1 Å². The van der Waals surface area contributed by atoms with Crippen LogP contribution in [0.2, 0.25) is 5.02 Å². The predicted molar refractivity (Wildman–Crippen MR) is 136 cm³/mol. The van der Waals surface area contributed by atoms with Crippen molar-refractivity contribution >= 4 is 40.4 Å². The van der Waals surface area contributed by atoms with Crippen molar-refractivity contribution in [2.75, 3.05) is 18.4 Å². The second-order valence-corrected chi connectivity index (χ2v) is 10.4. The normalized spacial score (nSPS) is 14.6. The average Bonchev–Trinajstić information content (AvgIpc) is 3.33. The zero-order valence-corrected chi connectivity index (χ0v) is 21.4. The number of hydrogen-bond donors (Lipinski definition) is 1. The highest BCUT2D eigenvalue weighted by atomic mass is 35.5. The number of rotatable bonds is 6. The fraction of sp³-hybridized carbons (Fsp3) is 0.346. The minimum absolute atomic E-state index is 0.0968. The minimum atomic E-state index is -1.06. The van der Waals surface area contributed by atoms with Crippen molar-refractivity contribution in [2.24, 2.45) is 0 Å². The van der Waals surface area contributed by atoms with E-state index in [-0.39, 0.29) is 23.5 Å². The minimum Gasteiger partial charge on any atom is -0.476 e. The smallest absolute Gasteiger partial charge is 0.275 e. The summed E-state index contributed by atoms with van der Waals surface area (Å²) in [6, 6.07) is 11.7. The number of thiazole rings is 1. The maximum absolute atomic E-state index is 13.8. The van der Waals surface area contributed by atoms with Crippen LogP contribution in [0.25, 0.3) is 0 Å². The van der Waals surface area contributed by atoms with Crippen LogP contribution in [-0.4, -0.2) is 40.4 Å². The van der Waals surface area contributed by atoms with Gasteiger partial charge >= 0.3 is 0 Å². The lowest BCUT2D eigenvalue weighted by Gasteiger charge is -2.36. The Morgan fingerprint density at radius 3 is 2.60 bits per heavy atom. The number of piperidine rings is 1. The third kappa shape index (κ3) is 5.82. The van der Waals surface area contributed by atoms with E-state index in [1.165, 1.54) is 17.4 Å². The molecule has 0 aliphatic carbocycles. The van der Waals surface area contributed by atoms with Gasteiger partial charge in [-0.05, 0) is 63.4 Å². The van der Waals surface area contributed by atoms with Gasteiger partial charge in [0.25, 0.3) is 11.8 Å². The number of halogens is 2. The molecule has 0 unspecified atom stereocenters. The molecule has 1 N–H and O–H groups in total. The van der Waals surface area contributed by atoms with Crippen LogP contribution in [0.1, 0.15) is 53.7 Å². The Hall–Kier alpha value is -2.97. The molecule has 0 atom stereocenters. The molecule has 0 radical (unpaired) electrons. The van der Waals surface area contributed by atoms with Crippen molar-refractivity contribution in [3.63, 3.8) is 0 Å². The van der Waals surface area contributed by atoms with E-state index in [0.717, 1.165) is 17.8 Å². The number of carbonyl (C=O) groups is 2. The van der Waals surface area contributed by atoms with E-state index in [4.69, 9.17) is 16.3 Å². The average molecular weight is 516 g/mol. The van der Waals surface area contributed by atoms with Gasteiger partial charge in [-0.25, -0.2) is 9.37 Å². The predicted octanol–water partition coefficient (Wildman–Crippen LogP) is 6.06. The first-order valence-electron chi connectivity index (χ1n) is 11.4. The summed E-state index contributed by atoms with van der Waals surface area (Å²) in [6.45, 7) is 6.30. The van der Waals surface area contributed by atoms with E-state index < -0.39 is 5.60 Å². The highest BCUT2D eigenvalue weighted by Gasteiger charge is 2.37. The summed E-state index contributed by atoms with van der Waals surface area (Å²) in [5.41, 5.74) is 0.155. The highest BCUT2D eigenvalue weighted by molar-refractivity contribution is 7.10. The molecule has 4 rings (SSSR count). The molecular weight excluding hydrogens is 489 g/mol. The van der Waals surface area contributed by atoms with Crippen molar-refractivity contribution in [1.29, 1.82) is 0 Å². The van der Waals surface area contributed by atoms with Crippen LogP contribution >= 0.6 is 22.9 Å². The molecule has 1 aliphatic heterocycles. The summed E-state index contributed by atoms with van der Waals surface area (Å²) in [6.07, 6.45) is 1.48. The van der Waals surface area contributed by atoms with Crippen molar-refractivity contribution in [2.45, 2.75) is 45.1 Å². The lowest BCUT2D eigenvalue weighted by atomic mass is 9.96. The Kier molecular flexibility index (Phi) is 7.42. The van der Waals surface area contributed by atoms with Gasteiger partial charge in [-0.1, -0.05) is 29.8 Å². The molecule has 2 aromatic carbocycles. The van der Waals surface area contributed by atoms with E-state index >= 15 is 0 Å². The summed E-state index contributed by atoms with van der Waals surface area (Å²) < 4.78 is 19.7.